The van der Waals surface area contributed by atoms with Gasteiger partial charge in [0.25, 0.3) is 0 Å². The molecule has 2 amide bonds. The van der Waals surface area contributed by atoms with Crippen molar-refractivity contribution in [3.8, 4) is 0 Å². The predicted molar refractivity (Wildman–Crippen MR) is 62.6 cm³/mol. The van der Waals surface area contributed by atoms with Crippen molar-refractivity contribution in [2.45, 2.75) is 13.3 Å². The molecule has 1 rings (SSSR count). The minimum Gasteiger partial charge on any atom is -0.370 e. The van der Waals surface area contributed by atoms with Crippen molar-refractivity contribution in [3.63, 3.8) is 0 Å². The summed E-state index contributed by atoms with van der Waals surface area (Å²) in [6.07, 6.45) is 0.840. The molecular formula is C10H21N4O3+. The fraction of sp³-hybridized carbons (Fsp3) is 0.900. The van der Waals surface area contributed by atoms with Gasteiger partial charge in [-0.05, 0) is 6.42 Å². The van der Waals surface area contributed by atoms with E-state index in [9.17, 15) is 9.70 Å². The van der Waals surface area contributed by atoms with Gasteiger partial charge in [-0.15, -0.1) is 4.91 Å². The predicted octanol–water partition coefficient (Wildman–Crippen LogP) is -0.995. The molecule has 0 aromatic heterocycles. The maximum Gasteiger partial charge on any atom is 0.340 e. The van der Waals surface area contributed by atoms with Crippen LogP contribution in [-0.2, 0) is 4.74 Å². The molecule has 2 N–H and O–H groups in total. The summed E-state index contributed by atoms with van der Waals surface area (Å²) >= 11 is 0. The zero-order valence-electron chi connectivity index (χ0n) is 10.3. The maximum atomic E-state index is 11.5. The fourth-order valence-electron chi connectivity index (χ4n) is 1.68. The van der Waals surface area contributed by atoms with Crippen molar-refractivity contribution in [1.82, 2.24) is 10.3 Å². The number of quaternary nitrogens is 1. The lowest BCUT2D eigenvalue weighted by Gasteiger charge is -2.24. The molecule has 98 valence electrons. The largest absolute Gasteiger partial charge is 0.370 e. The highest BCUT2D eigenvalue weighted by Gasteiger charge is 2.18. The minimum absolute atomic E-state index is 0.356. The van der Waals surface area contributed by atoms with Gasteiger partial charge < -0.3 is 15.0 Å². The van der Waals surface area contributed by atoms with E-state index in [0.717, 1.165) is 44.3 Å². The molecule has 0 spiro atoms. The van der Waals surface area contributed by atoms with E-state index in [4.69, 9.17) is 4.74 Å². The Bertz CT molecular complexity index is 244. The molecule has 1 aliphatic rings. The number of nitrogens with one attached hydrogen (secondary N) is 2. The second-order valence-electron chi connectivity index (χ2n) is 4.05. The smallest absolute Gasteiger partial charge is 0.340 e. The topological polar surface area (TPSA) is 75.4 Å². The third-order valence-electron chi connectivity index (χ3n) is 2.74. The molecule has 1 heterocycles. The number of nitroso groups, excluding NO2 is 1. The second kappa shape index (κ2) is 7.97. The molecule has 1 saturated heterocycles. The summed E-state index contributed by atoms with van der Waals surface area (Å²) in [6, 6.07) is -0.408. The molecule has 0 aromatic rings. The first-order valence-electron chi connectivity index (χ1n) is 6.08. The Morgan fingerprint density at radius 1 is 1.47 bits per heavy atom. The summed E-state index contributed by atoms with van der Waals surface area (Å²) in [5.41, 5.74) is 0. The fourth-order valence-corrected chi connectivity index (χ4v) is 1.68. The molecule has 0 radical (unpaired) electrons. The van der Waals surface area contributed by atoms with Crippen molar-refractivity contribution < 1.29 is 14.4 Å². The van der Waals surface area contributed by atoms with Crippen LogP contribution in [0.15, 0.2) is 5.29 Å². The van der Waals surface area contributed by atoms with E-state index in [0.29, 0.717) is 13.1 Å². The van der Waals surface area contributed by atoms with Gasteiger partial charge in [-0.2, -0.15) is 5.01 Å². The molecule has 1 aliphatic heterocycles. The lowest BCUT2D eigenvalue weighted by molar-refractivity contribution is -0.907. The quantitative estimate of drug-likeness (QED) is 0.466. The summed E-state index contributed by atoms with van der Waals surface area (Å²) in [6.45, 7) is 6.93. The van der Waals surface area contributed by atoms with E-state index < -0.39 is 6.03 Å². The Morgan fingerprint density at radius 3 is 2.76 bits per heavy atom. The molecule has 7 heteroatoms. The first-order chi connectivity index (χ1) is 8.27. The Kier molecular flexibility index (Phi) is 6.49. The van der Waals surface area contributed by atoms with Gasteiger partial charge in [-0.3, -0.25) is 0 Å². The van der Waals surface area contributed by atoms with Gasteiger partial charge >= 0.3 is 6.03 Å². The van der Waals surface area contributed by atoms with Gasteiger partial charge in [0, 0.05) is 6.54 Å². The van der Waals surface area contributed by atoms with Crippen LogP contribution in [0.2, 0.25) is 0 Å². The molecule has 17 heavy (non-hydrogen) atoms. The summed E-state index contributed by atoms with van der Waals surface area (Å²) in [7, 11) is 0. The van der Waals surface area contributed by atoms with Crippen LogP contribution in [0.4, 0.5) is 4.79 Å². The first-order valence-corrected chi connectivity index (χ1v) is 6.08. The lowest BCUT2D eigenvalue weighted by atomic mass is 10.4. The highest BCUT2D eigenvalue weighted by molar-refractivity contribution is 5.73. The van der Waals surface area contributed by atoms with E-state index >= 15 is 0 Å². The number of rotatable bonds is 6. The number of hydrogen-bond acceptors (Lipinski definition) is 4. The van der Waals surface area contributed by atoms with Crippen LogP contribution in [0.1, 0.15) is 13.3 Å². The van der Waals surface area contributed by atoms with E-state index in [1.807, 2.05) is 6.92 Å². The average molecular weight is 245 g/mol. The van der Waals surface area contributed by atoms with E-state index in [1.54, 1.807) is 0 Å². The van der Waals surface area contributed by atoms with Crippen LogP contribution in [0.25, 0.3) is 0 Å². The number of urea groups is 1. The van der Waals surface area contributed by atoms with Gasteiger partial charge in [0.05, 0.1) is 31.6 Å². The molecule has 0 saturated carbocycles. The number of morpholine rings is 1. The molecule has 0 atom stereocenters. The number of carbonyl (C=O) groups is 1. The van der Waals surface area contributed by atoms with Crippen molar-refractivity contribution in [2.75, 3.05) is 45.9 Å². The summed E-state index contributed by atoms with van der Waals surface area (Å²) in [4.78, 5) is 23.4. The van der Waals surface area contributed by atoms with Crippen LogP contribution in [-0.4, -0.2) is 57.0 Å². The van der Waals surface area contributed by atoms with Crippen LogP contribution < -0.4 is 10.2 Å². The Balaban J connectivity index is 2.25. The van der Waals surface area contributed by atoms with Crippen molar-refractivity contribution in [1.29, 1.82) is 0 Å². The summed E-state index contributed by atoms with van der Waals surface area (Å²) in [5, 5.41) is 6.34. The number of amides is 2. The highest BCUT2D eigenvalue weighted by atomic mass is 16.5. The van der Waals surface area contributed by atoms with Crippen molar-refractivity contribution in [2.24, 2.45) is 5.29 Å². The van der Waals surface area contributed by atoms with Gasteiger partial charge in [0.2, 0.25) is 0 Å². The van der Waals surface area contributed by atoms with Crippen molar-refractivity contribution >= 4 is 6.03 Å². The maximum absolute atomic E-state index is 11.5. The first kappa shape index (κ1) is 13.9. The lowest BCUT2D eigenvalue weighted by Crippen LogP contribution is -3.14. The van der Waals surface area contributed by atoms with Crippen LogP contribution in [0.5, 0.6) is 0 Å². The SMILES string of the molecule is CCCNC(=O)N(CC[NH+]1CCOCC1)N=O. The van der Waals surface area contributed by atoms with Gasteiger partial charge in [-0.25, -0.2) is 4.79 Å². The molecule has 7 nitrogen and oxygen atoms in total. The molecule has 1 fully saturated rings. The zero-order valence-corrected chi connectivity index (χ0v) is 10.3. The molecule has 0 aliphatic carbocycles. The Hall–Kier alpha value is -1.21. The minimum atomic E-state index is -0.408. The third kappa shape index (κ3) is 5.10. The normalized spacial score (nSPS) is 16.5. The van der Waals surface area contributed by atoms with Gasteiger partial charge in [-0.1, -0.05) is 6.92 Å². The Morgan fingerprint density at radius 2 is 2.18 bits per heavy atom. The van der Waals surface area contributed by atoms with E-state index in [-0.39, 0.29) is 0 Å². The number of ether oxygens (including phenoxy) is 1. The zero-order chi connectivity index (χ0) is 12.5. The number of hydrogen-bond donors (Lipinski definition) is 2. The number of carbonyl (C=O) groups excluding carboxylic acids is 1. The van der Waals surface area contributed by atoms with Crippen molar-refractivity contribution in [3.05, 3.63) is 4.91 Å². The van der Waals surface area contributed by atoms with Gasteiger partial charge in [0.15, 0.2) is 0 Å². The molecule has 0 unspecified atom stereocenters. The van der Waals surface area contributed by atoms with Crippen LogP contribution in [0, 0.1) is 4.91 Å². The molecule has 0 aromatic carbocycles. The van der Waals surface area contributed by atoms with E-state index in [2.05, 4.69) is 10.6 Å². The monoisotopic (exact) mass is 245 g/mol. The summed E-state index contributed by atoms with van der Waals surface area (Å²) in [5.74, 6) is 0. The molecule has 0 bridgehead atoms. The molecular weight excluding hydrogens is 224 g/mol. The van der Waals surface area contributed by atoms with Crippen LogP contribution >= 0.6 is 0 Å². The second-order valence-corrected chi connectivity index (χ2v) is 4.05. The Labute approximate surface area is 101 Å². The third-order valence-corrected chi connectivity index (χ3v) is 2.74. The number of nitrogens with zero attached hydrogens (tertiary/aromatic N) is 2. The van der Waals surface area contributed by atoms with Crippen LogP contribution in [0.3, 0.4) is 0 Å². The van der Waals surface area contributed by atoms with E-state index in [1.165, 1.54) is 4.90 Å². The van der Waals surface area contributed by atoms with Gasteiger partial charge in [0.1, 0.15) is 13.1 Å². The highest BCUT2D eigenvalue weighted by Crippen LogP contribution is 1.89. The summed E-state index contributed by atoms with van der Waals surface area (Å²) < 4.78 is 5.23. The standard InChI is InChI=1S/C10H20N4O3/c1-2-3-11-10(15)14(12-16)5-4-13-6-8-17-9-7-13/h2-9H2,1H3,(H,11,15)/p+1. The average Bonchev–Trinajstić information content (AvgIpc) is 2.38.